The van der Waals surface area contributed by atoms with Crippen LogP contribution in [-0.2, 0) is 17.8 Å². The van der Waals surface area contributed by atoms with Crippen molar-refractivity contribution in [1.29, 1.82) is 0 Å². The van der Waals surface area contributed by atoms with Gasteiger partial charge in [-0.05, 0) is 6.07 Å². The first-order valence-corrected chi connectivity index (χ1v) is 4.30. The minimum absolute atomic E-state index is 0.252. The van der Waals surface area contributed by atoms with Crippen LogP contribution >= 0.6 is 0 Å². The molecule has 13 heavy (non-hydrogen) atoms. The van der Waals surface area contributed by atoms with Crippen LogP contribution in [0.1, 0.15) is 16.1 Å². The fourth-order valence-electron chi connectivity index (χ4n) is 1.61. The number of esters is 1. The highest BCUT2D eigenvalue weighted by molar-refractivity contribution is 5.90. The van der Waals surface area contributed by atoms with Gasteiger partial charge < -0.3 is 14.6 Å². The van der Waals surface area contributed by atoms with Gasteiger partial charge in [-0.25, -0.2) is 4.79 Å². The second kappa shape index (κ2) is 3.22. The molecule has 1 N–H and O–H groups in total. The average molecular weight is 180 g/mol. The SMILES string of the molecule is COC(=O)c1ccn2c1CNCC2. The second-order valence-electron chi connectivity index (χ2n) is 3.04. The normalized spacial score (nSPS) is 15.2. The largest absolute Gasteiger partial charge is 0.465 e. The lowest BCUT2D eigenvalue weighted by Crippen LogP contribution is -2.28. The third-order valence-electron chi connectivity index (χ3n) is 2.31. The molecule has 0 aliphatic carbocycles. The van der Waals surface area contributed by atoms with E-state index >= 15 is 0 Å². The van der Waals surface area contributed by atoms with E-state index in [9.17, 15) is 4.79 Å². The first kappa shape index (κ1) is 8.31. The Labute approximate surface area is 76.5 Å². The predicted molar refractivity (Wildman–Crippen MR) is 47.5 cm³/mol. The number of aromatic nitrogens is 1. The van der Waals surface area contributed by atoms with E-state index in [-0.39, 0.29) is 5.97 Å². The zero-order valence-corrected chi connectivity index (χ0v) is 7.54. The number of hydrogen-bond donors (Lipinski definition) is 1. The van der Waals surface area contributed by atoms with Gasteiger partial charge in [-0.2, -0.15) is 0 Å². The van der Waals surface area contributed by atoms with Crippen molar-refractivity contribution >= 4 is 5.97 Å². The Hall–Kier alpha value is -1.29. The van der Waals surface area contributed by atoms with E-state index in [4.69, 9.17) is 0 Å². The van der Waals surface area contributed by atoms with Gasteiger partial charge in [-0.3, -0.25) is 0 Å². The maximum Gasteiger partial charge on any atom is 0.339 e. The molecule has 4 nitrogen and oxygen atoms in total. The van der Waals surface area contributed by atoms with Crippen LogP contribution in [0.5, 0.6) is 0 Å². The Balaban J connectivity index is 2.36. The molecule has 0 atom stereocenters. The van der Waals surface area contributed by atoms with Gasteiger partial charge in [0.05, 0.1) is 12.7 Å². The van der Waals surface area contributed by atoms with Crippen molar-refractivity contribution in [2.24, 2.45) is 0 Å². The van der Waals surface area contributed by atoms with Crippen LogP contribution in [0.25, 0.3) is 0 Å². The van der Waals surface area contributed by atoms with Gasteiger partial charge in [0.1, 0.15) is 0 Å². The summed E-state index contributed by atoms with van der Waals surface area (Å²) in [6.45, 7) is 2.63. The van der Waals surface area contributed by atoms with Crippen LogP contribution in [0.4, 0.5) is 0 Å². The fourth-order valence-corrected chi connectivity index (χ4v) is 1.61. The summed E-state index contributed by atoms with van der Waals surface area (Å²) >= 11 is 0. The molecule has 2 heterocycles. The highest BCUT2D eigenvalue weighted by Gasteiger charge is 2.17. The number of rotatable bonds is 1. The maximum absolute atomic E-state index is 11.3. The molecule has 0 saturated heterocycles. The molecule has 0 radical (unpaired) electrons. The average Bonchev–Trinajstić information content (AvgIpc) is 2.60. The molecule has 1 aromatic heterocycles. The van der Waals surface area contributed by atoms with Crippen molar-refractivity contribution in [2.75, 3.05) is 13.7 Å². The summed E-state index contributed by atoms with van der Waals surface area (Å²) in [4.78, 5) is 11.3. The van der Waals surface area contributed by atoms with Gasteiger partial charge >= 0.3 is 5.97 Å². The van der Waals surface area contributed by atoms with Gasteiger partial charge in [0.15, 0.2) is 0 Å². The van der Waals surface area contributed by atoms with Gasteiger partial charge in [0.25, 0.3) is 0 Å². The summed E-state index contributed by atoms with van der Waals surface area (Å²) < 4.78 is 6.77. The molecule has 0 amide bonds. The summed E-state index contributed by atoms with van der Waals surface area (Å²) in [6, 6.07) is 1.81. The number of methoxy groups -OCH3 is 1. The van der Waals surface area contributed by atoms with Gasteiger partial charge in [-0.1, -0.05) is 0 Å². The van der Waals surface area contributed by atoms with E-state index in [2.05, 4.69) is 14.6 Å². The molecular weight excluding hydrogens is 168 g/mol. The van der Waals surface area contributed by atoms with Crippen molar-refractivity contribution in [3.63, 3.8) is 0 Å². The lowest BCUT2D eigenvalue weighted by Gasteiger charge is -2.17. The zero-order valence-electron chi connectivity index (χ0n) is 7.54. The smallest absolute Gasteiger partial charge is 0.339 e. The molecular formula is C9H12N2O2. The molecule has 0 unspecified atom stereocenters. The summed E-state index contributed by atoms with van der Waals surface area (Å²) in [7, 11) is 1.41. The zero-order chi connectivity index (χ0) is 9.26. The third-order valence-corrected chi connectivity index (χ3v) is 2.31. The molecule has 0 bridgehead atoms. The second-order valence-corrected chi connectivity index (χ2v) is 3.04. The highest BCUT2D eigenvalue weighted by Crippen LogP contribution is 2.14. The molecule has 2 rings (SSSR count). The Morgan fingerprint density at radius 1 is 1.69 bits per heavy atom. The van der Waals surface area contributed by atoms with Crippen LogP contribution in [0.2, 0.25) is 0 Å². The standard InChI is InChI=1S/C9H12N2O2/c1-13-9(12)7-2-4-11-5-3-10-6-8(7)11/h2,4,10H,3,5-6H2,1H3. The number of fused-ring (bicyclic) bond motifs is 1. The third kappa shape index (κ3) is 1.33. The number of nitrogens with one attached hydrogen (secondary N) is 1. The summed E-state index contributed by atoms with van der Waals surface area (Å²) in [6.07, 6.45) is 1.93. The molecule has 0 aromatic carbocycles. The number of carbonyl (C=O) groups excluding carboxylic acids is 1. The molecule has 0 fully saturated rings. The fraction of sp³-hybridized carbons (Fsp3) is 0.444. The van der Waals surface area contributed by atoms with Gasteiger partial charge in [-0.15, -0.1) is 0 Å². The summed E-state index contributed by atoms with van der Waals surface area (Å²) in [5, 5.41) is 3.22. The Bertz CT molecular complexity index is 330. The minimum Gasteiger partial charge on any atom is -0.465 e. The van der Waals surface area contributed by atoms with Crippen molar-refractivity contribution in [1.82, 2.24) is 9.88 Å². The molecule has 0 saturated carbocycles. The number of nitrogens with zero attached hydrogens (tertiary/aromatic N) is 1. The van der Waals surface area contributed by atoms with Crippen molar-refractivity contribution < 1.29 is 9.53 Å². The van der Waals surface area contributed by atoms with Crippen LogP contribution in [0.3, 0.4) is 0 Å². The van der Waals surface area contributed by atoms with Crippen LogP contribution < -0.4 is 5.32 Å². The molecule has 1 aromatic rings. The first-order valence-electron chi connectivity index (χ1n) is 4.30. The number of carbonyl (C=O) groups is 1. The number of hydrogen-bond acceptors (Lipinski definition) is 3. The monoisotopic (exact) mass is 180 g/mol. The topological polar surface area (TPSA) is 43.3 Å². The summed E-state index contributed by atoms with van der Waals surface area (Å²) in [5.74, 6) is -0.252. The van der Waals surface area contributed by atoms with Gasteiger partial charge in [0, 0.05) is 31.5 Å². The molecule has 0 spiro atoms. The van der Waals surface area contributed by atoms with E-state index in [1.165, 1.54) is 7.11 Å². The van der Waals surface area contributed by atoms with Crippen molar-refractivity contribution in [2.45, 2.75) is 13.1 Å². The van der Waals surface area contributed by atoms with Crippen LogP contribution in [-0.4, -0.2) is 24.2 Å². The van der Waals surface area contributed by atoms with Crippen molar-refractivity contribution in [3.05, 3.63) is 23.5 Å². The summed E-state index contributed by atoms with van der Waals surface area (Å²) in [5.41, 5.74) is 1.70. The van der Waals surface area contributed by atoms with Crippen LogP contribution in [0.15, 0.2) is 12.3 Å². The lowest BCUT2D eigenvalue weighted by molar-refractivity contribution is 0.0599. The van der Waals surface area contributed by atoms with E-state index in [1.54, 1.807) is 0 Å². The van der Waals surface area contributed by atoms with Crippen LogP contribution in [0, 0.1) is 0 Å². The maximum atomic E-state index is 11.3. The predicted octanol–water partition coefficient (Wildman–Crippen LogP) is 0.378. The van der Waals surface area contributed by atoms with E-state index in [0.29, 0.717) is 5.56 Å². The van der Waals surface area contributed by atoms with E-state index in [0.717, 1.165) is 25.3 Å². The Kier molecular flexibility index (Phi) is 2.06. The molecule has 70 valence electrons. The Morgan fingerprint density at radius 2 is 2.54 bits per heavy atom. The minimum atomic E-state index is -0.252. The van der Waals surface area contributed by atoms with Gasteiger partial charge in [0.2, 0.25) is 0 Å². The first-order chi connectivity index (χ1) is 6.33. The quantitative estimate of drug-likeness (QED) is 0.635. The van der Waals surface area contributed by atoms with Crippen molar-refractivity contribution in [3.8, 4) is 0 Å². The molecule has 1 aliphatic heterocycles. The van der Waals surface area contributed by atoms with E-state index in [1.807, 2.05) is 12.3 Å². The Morgan fingerprint density at radius 3 is 3.31 bits per heavy atom. The lowest BCUT2D eigenvalue weighted by atomic mass is 10.2. The molecule has 4 heteroatoms. The van der Waals surface area contributed by atoms with E-state index < -0.39 is 0 Å². The molecule has 1 aliphatic rings. The highest BCUT2D eigenvalue weighted by atomic mass is 16.5. The number of ether oxygens (including phenoxy) is 1.